The monoisotopic (exact) mass is 453 g/mol. The summed E-state index contributed by atoms with van der Waals surface area (Å²) in [6, 6.07) is 15.7. The van der Waals surface area contributed by atoms with Gasteiger partial charge in [0.05, 0.1) is 6.54 Å². The van der Waals surface area contributed by atoms with E-state index >= 15 is 0 Å². The number of nitrogens with one attached hydrogen (secondary N) is 1. The Morgan fingerprint density at radius 3 is 2.53 bits per heavy atom. The van der Waals surface area contributed by atoms with Crippen molar-refractivity contribution in [1.82, 2.24) is 10.2 Å². The summed E-state index contributed by atoms with van der Waals surface area (Å²) in [6.07, 6.45) is 1.91. The molecule has 0 spiro atoms. The lowest BCUT2D eigenvalue weighted by Gasteiger charge is -2.39. The van der Waals surface area contributed by atoms with Crippen molar-refractivity contribution in [3.8, 4) is 5.75 Å². The van der Waals surface area contributed by atoms with Crippen LogP contribution < -0.4 is 15.0 Å². The SMILES string of the molecule is Cc1ccc(OCC(=O)N[C@@H]2C[C@H](N3CCN(c4ccc(Cl)cc4)CC3=O)C3CC32)cc1. The molecule has 2 saturated carbocycles. The van der Waals surface area contributed by atoms with Crippen molar-refractivity contribution < 1.29 is 14.3 Å². The van der Waals surface area contributed by atoms with Crippen LogP contribution in [0.3, 0.4) is 0 Å². The van der Waals surface area contributed by atoms with E-state index in [9.17, 15) is 9.59 Å². The topological polar surface area (TPSA) is 61.9 Å². The summed E-state index contributed by atoms with van der Waals surface area (Å²) < 4.78 is 5.61. The normalized spacial score (nSPS) is 26.6. The molecule has 2 unspecified atom stereocenters. The number of rotatable bonds is 6. The average molecular weight is 454 g/mol. The Hall–Kier alpha value is -2.73. The van der Waals surface area contributed by atoms with Gasteiger partial charge in [0.25, 0.3) is 5.91 Å². The van der Waals surface area contributed by atoms with E-state index in [0.29, 0.717) is 35.7 Å². The zero-order valence-electron chi connectivity index (χ0n) is 18.2. The number of fused-ring (bicyclic) bond motifs is 1. The van der Waals surface area contributed by atoms with Gasteiger partial charge in [-0.05, 0) is 68.0 Å². The van der Waals surface area contributed by atoms with Crippen molar-refractivity contribution in [2.75, 3.05) is 31.1 Å². The molecule has 2 amide bonds. The van der Waals surface area contributed by atoms with Crippen molar-refractivity contribution in [3.63, 3.8) is 0 Å². The van der Waals surface area contributed by atoms with Gasteiger partial charge in [0.2, 0.25) is 5.91 Å². The van der Waals surface area contributed by atoms with Crippen LogP contribution in [0.1, 0.15) is 18.4 Å². The number of hydrogen-bond donors (Lipinski definition) is 1. The first-order valence-corrected chi connectivity index (χ1v) is 11.6. The van der Waals surface area contributed by atoms with Gasteiger partial charge in [-0.15, -0.1) is 0 Å². The highest BCUT2D eigenvalue weighted by atomic mass is 35.5. The molecule has 6 nitrogen and oxygen atoms in total. The van der Waals surface area contributed by atoms with E-state index < -0.39 is 0 Å². The van der Waals surface area contributed by atoms with Crippen LogP contribution in [0, 0.1) is 18.8 Å². The molecule has 3 aliphatic rings. The number of hydrogen-bond acceptors (Lipinski definition) is 4. The molecule has 168 valence electrons. The third-order valence-corrected chi connectivity index (χ3v) is 7.24. The van der Waals surface area contributed by atoms with Crippen LogP contribution in [-0.2, 0) is 9.59 Å². The van der Waals surface area contributed by atoms with E-state index in [4.69, 9.17) is 16.3 Å². The summed E-state index contributed by atoms with van der Waals surface area (Å²) in [5, 5.41) is 3.85. The molecule has 7 heteroatoms. The number of amides is 2. The van der Waals surface area contributed by atoms with E-state index in [-0.39, 0.29) is 30.5 Å². The van der Waals surface area contributed by atoms with Gasteiger partial charge in [-0.25, -0.2) is 0 Å². The lowest BCUT2D eigenvalue weighted by molar-refractivity contribution is -0.133. The summed E-state index contributed by atoms with van der Waals surface area (Å²) in [4.78, 5) is 29.6. The van der Waals surface area contributed by atoms with Crippen LogP contribution in [-0.4, -0.2) is 55.0 Å². The predicted molar refractivity (Wildman–Crippen MR) is 124 cm³/mol. The van der Waals surface area contributed by atoms with Crippen LogP contribution in [0.15, 0.2) is 48.5 Å². The quantitative estimate of drug-likeness (QED) is 0.729. The number of carbonyl (C=O) groups is 2. The molecule has 1 aliphatic heterocycles. The van der Waals surface area contributed by atoms with Crippen LogP contribution in [0.5, 0.6) is 5.75 Å². The first-order chi connectivity index (χ1) is 15.5. The molecule has 0 bridgehead atoms. The van der Waals surface area contributed by atoms with Gasteiger partial charge in [0.15, 0.2) is 6.61 Å². The van der Waals surface area contributed by atoms with Gasteiger partial charge in [0, 0.05) is 35.9 Å². The fourth-order valence-corrected chi connectivity index (χ4v) is 5.34. The molecule has 1 saturated heterocycles. The number of carbonyl (C=O) groups excluding carboxylic acids is 2. The Kier molecular flexibility index (Phi) is 5.72. The molecule has 32 heavy (non-hydrogen) atoms. The summed E-state index contributed by atoms with van der Waals surface area (Å²) in [7, 11) is 0. The second-order valence-electron chi connectivity index (χ2n) is 9.13. The van der Waals surface area contributed by atoms with Crippen LogP contribution in [0.25, 0.3) is 0 Å². The number of anilines is 1. The van der Waals surface area contributed by atoms with Crippen molar-refractivity contribution >= 4 is 29.1 Å². The number of benzene rings is 2. The van der Waals surface area contributed by atoms with Gasteiger partial charge in [-0.1, -0.05) is 29.3 Å². The van der Waals surface area contributed by atoms with Gasteiger partial charge in [-0.3, -0.25) is 9.59 Å². The number of aryl methyl sites for hydroxylation is 1. The van der Waals surface area contributed by atoms with E-state index in [1.54, 1.807) is 0 Å². The Labute approximate surface area is 193 Å². The first-order valence-electron chi connectivity index (χ1n) is 11.3. The molecular formula is C25H28ClN3O3. The minimum absolute atomic E-state index is 0.0142. The minimum atomic E-state index is -0.0965. The molecule has 2 aromatic rings. The van der Waals surface area contributed by atoms with E-state index in [2.05, 4.69) is 10.2 Å². The number of nitrogens with zero attached hydrogens (tertiary/aromatic N) is 2. The molecule has 5 rings (SSSR count). The molecule has 4 atom stereocenters. The largest absolute Gasteiger partial charge is 0.484 e. The van der Waals surface area contributed by atoms with Crippen LogP contribution >= 0.6 is 11.6 Å². The number of piperazine rings is 1. The second-order valence-corrected chi connectivity index (χ2v) is 9.56. The maximum absolute atomic E-state index is 13.0. The molecule has 1 N–H and O–H groups in total. The zero-order valence-corrected chi connectivity index (χ0v) is 18.9. The number of halogens is 1. The summed E-state index contributed by atoms with van der Waals surface area (Å²) in [5.74, 6) is 1.75. The Bertz CT molecular complexity index is 994. The zero-order chi connectivity index (χ0) is 22.2. The Morgan fingerprint density at radius 1 is 1.06 bits per heavy atom. The predicted octanol–water partition coefficient (Wildman–Crippen LogP) is 3.27. The van der Waals surface area contributed by atoms with E-state index in [1.807, 2.05) is 60.4 Å². The first kappa shape index (κ1) is 21.1. The molecule has 0 aromatic heterocycles. The second kappa shape index (κ2) is 8.66. The standard InChI is InChI=1S/C25H28ClN3O3/c1-16-2-8-19(9-3-16)32-15-24(30)27-22-13-23(21-12-20(21)22)29-11-10-28(14-25(29)31)18-6-4-17(26)5-7-18/h2-9,20-23H,10-15H2,1H3,(H,27,30)/t20?,21?,22-,23+/m1/s1. The fraction of sp³-hybridized carbons (Fsp3) is 0.440. The highest BCUT2D eigenvalue weighted by Gasteiger charge is 2.57. The summed E-state index contributed by atoms with van der Waals surface area (Å²) >= 11 is 5.98. The minimum Gasteiger partial charge on any atom is -0.484 e. The lowest BCUT2D eigenvalue weighted by Crippen LogP contribution is -2.55. The maximum atomic E-state index is 13.0. The molecular weight excluding hydrogens is 426 g/mol. The smallest absolute Gasteiger partial charge is 0.258 e. The van der Waals surface area contributed by atoms with Gasteiger partial charge < -0.3 is 19.9 Å². The summed E-state index contributed by atoms with van der Waals surface area (Å²) in [5.41, 5.74) is 2.18. The lowest BCUT2D eigenvalue weighted by atomic mass is 10.1. The third kappa shape index (κ3) is 4.42. The van der Waals surface area contributed by atoms with Crippen LogP contribution in [0.2, 0.25) is 5.02 Å². The van der Waals surface area contributed by atoms with E-state index in [0.717, 1.165) is 30.6 Å². The van der Waals surface area contributed by atoms with Crippen molar-refractivity contribution in [1.29, 1.82) is 0 Å². The van der Waals surface area contributed by atoms with Crippen molar-refractivity contribution in [2.24, 2.45) is 11.8 Å². The molecule has 1 heterocycles. The Morgan fingerprint density at radius 2 is 1.81 bits per heavy atom. The molecule has 2 aromatic carbocycles. The van der Waals surface area contributed by atoms with E-state index in [1.165, 1.54) is 0 Å². The van der Waals surface area contributed by atoms with Crippen molar-refractivity contribution in [2.45, 2.75) is 31.8 Å². The van der Waals surface area contributed by atoms with Crippen molar-refractivity contribution in [3.05, 3.63) is 59.1 Å². The van der Waals surface area contributed by atoms with Gasteiger partial charge in [0.1, 0.15) is 5.75 Å². The van der Waals surface area contributed by atoms with Gasteiger partial charge in [-0.2, -0.15) is 0 Å². The Balaban J connectivity index is 1.13. The molecule has 2 aliphatic carbocycles. The van der Waals surface area contributed by atoms with Crippen LogP contribution in [0.4, 0.5) is 5.69 Å². The fourth-order valence-electron chi connectivity index (χ4n) is 5.22. The summed E-state index contributed by atoms with van der Waals surface area (Å²) in [6.45, 7) is 3.94. The average Bonchev–Trinajstić information content (AvgIpc) is 3.51. The maximum Gasteiger partial charge on any atom is 0.258 e. The van der Waals surface area contributed by atoms with Gasteiger partial charge >= 0.3 is 0 Å². The third-order valence-electron chi connectivity index (χ3n) is 6.98. The highest BCUT2D eigenvalue weighted by molar-refractivity contribution is 6.30. The molecule has 0 radical (unpaired) electrons. The number of ether oxygens (including phenoxy) is 1. The molecule has 3 fully saturated rings. The highest BCUT2D eigenvalue weighted by Crippen LogP contribution is 2.54.